The number of alkyl carbamates (subject to hydrolysis) is 1. The lowest BCUT2D eigenvalue weighted by atomic mass is 9.92. The van der Waals surface area contributed by atoms with Gasteiger partial charge in [0.1, 0.15) is 17.8 Å². The van der Waals surface area contributed by atoms with Crippen LogP contribution >= 0.6 is 0 Å². The van der Waals surface area contributed by atoms with Crippen LogP contribution in [0.2, 0.25) is 0 Å². The first kappa shape index (κ1) is 27.7. The van der Waals surface area contributed by atoms with E-state index < -0.39 is 59.9 Å². The molecule has 0 aromatic heterocycles. The third kappa shape index (κ3) is 9.04. The van der Waals surface area contributed by atoms with E-state index in [2.05, 4.69) is 5.32 Å². The smallest absolute Gasteiger partial charge is 0.408 e. The summed E-state index contributed by atoms with van der Waals surface area (Å²) in [6, 6.07) is -1.27. The average molecular weight is 458 g/mol. The SMILES string of the molecule is CCCC[C@H]1C(=O)O[C@H](C)[C@H](NC(=O)OC(C)(C)C)C(=O)O[C@@H](C)[C@@H]1OC(=O)CC(C)C. The summed E-state index contributed by atoms with van der Waals surface area (Å²) >= 11 is 0. The van der Waals surface area contributed by atoms with Crippen LogP contribution in [0.25, 0.3) is 0 Å². The molecule has 5 atom stereocenters. The van der Waals surface area contributed by atoms with Crippen LogP contribution in [0.4, 0.5) is 4.79 Å². The summed E-state index contributed by atoms with van der Waals surface area (Å²) in [5.74, 6) is -2.60. The second-order valence-electron chi connectivity index (χ2n) is 9.71. The Labute approximate surface area is 190 Å². The van der Waals surface area contributed by atoms with E-state index in [0.29, 0.717) is 12.8 Å². The van der Waals surface area contributed by atoms with Gasteiger partial charge in [-0.1, -0.05) is 33.6 Å². The minimum atomic E-state index is -1.27. The van der Waals surface area contributed by atoms with Crippen LogP contribution in [0.15, 0.2) is 0 Å². The summed E-state index contributed by atoms with van der Waals surface area (Å²) in [5, 5.41) is 2.43. The van der Waals surface area contributed by atoms with Gasteiger partial charge < -0.3 is 24.3 Å². The van der Waals surface area contributed by atoms with Crippen molar-refractivity contribution in [1.82, 2.24) is 5.32 Å². The first-order valence-corrected chi connectivity index (χ1v) is 11.3. The predicted molar refractivity (Wildman–Crippen MR) is 117 cm³/mol. The summed E-state index contributed by atoms with van der Waals surface area (Å²) < 4.78 is 21.9. The number of carbonyl (C=O) groups excluding carboxylic acids is 4. The van der Waals surface area contributed by atoms with Gasteiger partial charge in [-0.2, -0.15) is 0 Å². The molecule has 9 heteroatoms. The van der Waals surface area contributed by atoms with Crippen molar-refractivity contribution in [2.45, 2.75) is 111 Å². The first-order chi connectivity index (χ1) is 14.7. The van der Waals surface area contributed by atoms with E-state index in [1.165, 1.54) is 6.92 Å². The van der Waals surface area contributed by atoms with Gasteiger partial charge >= 0.3 is 24.0 Å². The molecule has 1 aliphatic rings. The lowest BCUT2D eigenvalue weighted by Crippen LogP contribution is -2.51. The predicted octanol–water partition coefficient (Wildman–Crippen LogP) is 3.52. The third-order valence-electron chi connectivity index (χ3n) is 4.87. The fraction of sp³-hybridized carbons (Fsp3) is 0.826. The molecule has 0 spiro atoms. The Morgan fingerprint density at radius 1 is 1.06 bits per heavy atom. The summed E-state index contributed by atoms with van der Waals surface area (Å²) in [4.78, 5) is 50.5. The Morgan fingerprint density at radius 3 is 2.19 bits per heavy atom. The Morgan fingerprint density at radius 2 is 1.66 bits per heavy atom. The number of unbranched alkanes of at least 4 members (excludes halogenated alkanes) is 1. The lowest BCUT2D eigenvalue weighted by molar-refractivity contribution is -0.175. The zero-order chi connectivity index (χ0) is 24.6. The quantitative estimate of drug-likeness (QED) is 0.456. The van der Waals surface area contributed by atoms with Crippen LogP contribution in [-0.4, -0.2) is 54.0 Å². The van der Waals surface area contributed by atoms with E-state index >= 15 is 0 Å². The zero-order valence-corrected chi connectivity index (χ0v) is 20.6. The van der Waals surface area contributed by atoms with E-state index in [9.17, 15) is 19.2 Å². The van der Waals surface area contributed by atoms with Gasteiger partial charge in [-0.25, -0.2) is 9.59 Å². The van der Waals surface area contributed by atoms with Gasteiger partial charge in [0, 0.05) is 6.42 Å². The molecule has 1 fully saturated rings. The molecule has 0 radical (unpaired) electrons. The Kier molecular flexibility index (Phi) is 10.4. The van der Waals surface area contributed by atoms with Gasteiger partial charge in [0.2, 0.25) is 0 Å². The van der Waals surface area contributed by atoms with Crippen molar-refractivity contribution in [3.05, 3.63) is 0 Å². The number of nitrogens with one attached hydrogen (secondary N) is 1. The Balaban J connectivity index is 3.17. The molecule has 1 heterocycles. The van der Waals surface area contributed by atoms with Crippen molar-refractivity contribution in [2.75, 3.05) is 0 Å². The number of cyclic esters (lactones) is 2. The van der Waals surface area contributed by atoms with Crippen molar-refractivity contribution in [3.8, 4) is 0 Å². The lowest BCUT2D eigenvalue weighted by Gasteiger charge is -2.29. The van der Waals surface area contributed by atoms with Gasteiger partial charge in [0.15, 0.2) is 12.1 Å². The molecule has 1 amide bonds. The minimum Gasteiger partial charge on any atom is -0.460 e. The highest BCUT2D eigenvalue weighted by Crippen LogP contribution is 2.26. The summed E-state index contributed by atoms with van der Waals surface area (Å²) in [6.45, 7) is 13.9. The monoisotopic (exact) mass is 457 g/mol. The first-order valence-electron chi connectivity index (χ1n) is 11.3. The van der Waals surface area contributed by atoms with Crippen LogP contribution in [0.3, 0.4) is 0 Å². The molecule has 1 N–H and O–H groups in total. The number of rotatable bonds is 7. The molecule has 32 heavy (non-hydrogen) atoms. The molecule has 0 unspecified atom stereocenters. The van der Waals surface area contributed by atoms with Crippen molar-refractivity contribution in [1.29, 1.82) is 0 Å². The second kappa shape index (κ2) is 12.1. The van der Waals surface area contributed by atoms with Gasteiger partial charge in [-0.15, -0.1) is 0 Å². The molecular weight excluding hydrogens is 418 g/mol. The van der Waals surface area contributed by atoms with Crippen molar-refractivity contribution in [2.24, 2.45) is 11.8 Å². The van der Waals surface area contributed by atoms with Gasteiger partial charge in [-0.05, 0) is 47.0 Å². The molecule has 1 aliphatic heterocycles. The Bertz CT molecular complexity index is 669. The standard InChI is InChI=1S/C23H39NO8/c1-9-10-11-16-19(31-17(25)12-13(2)3)15(5)30-21(27)18(14(4)29-20(16)26)24-22(28)32-23(6,7)8/h13-16,18-19H,9-12H2,1-8H3,(H,24,28)/t14-,15+,16-,18+,19+/m1/s1. The number of hydrogen-bond acceptors (Lipinski definition) is 8. The van der Waals surface area contributed by atoms with E-state index in [1.807, 2.05) is 20.8 Å². The fourth-order valence-corrected chi connectivity index (χ4v) is 3.34. The minimum absolute atomic E-state index is 0.0696. The van der Waals surface area contributed by atoms with Crippen LogP contribution in [0.1, 0.15) is 81.1 Å². The number of ether oxygens (including phenoxy) is 4. The van der Waals surface area contributed by atoms with Crippen molar-refractivity contribution < 1.29 is 38.1 Å². The van der Waals surface area contributed by atoms with E-state index in [-0.39, 0.29) is 12.3 Å². The molecule has 1 rings (SSSR count). The van der Waals surface area contributed by atoms with Crippen LogP contribution in [0, 0.1) is 11.8 Å². The highest BCUT2D eigenvalue weighted by atomic mass is 16.6. The van der Waals surface area contributed by atoms with Crippen molar-refractivity contribution in [3.63, 3.8) is 0 Å². The highest BCUT2D eigenvalue weighted by Gasteiger charge is 2.44. The third-order valence-corrected chi connectivity index (χ3v) is 4.87. The summed E-state index contributed by atoms with van der Waals surface area (Å²) in [7, 11) is 0. The van der Waals surface area contributed by atoms with Gasteiger partial charge in [-0.3, -0.25) is 9.59 Å². The number of amides is 1. The van der Waals surface area contributed by atoms with E-state index in [0.717, 1.165) is 6.42 Å². The van der Waals surface area contributed by atoms with E-state index in [1.54, 1.807) is 27.7 Å². The van der Waals surface area contributed by atoms with Crippen molar-refractivity contribution >= 4 is 24.0 Å². The van der Waals surface area contributed by atoms with Crippen LogP contribution in [0.5, 0.6) is 0 Å². The molecule has 0 aromatic rings. The summed E-state index contributed by atoms with van der Waals surface area (Å²) in [6.07, 6.45) is -1.64. The molecule has 184 valence electrons. The van der Waals surface area contributed by atoms with Gasteiger partial charge in [0.25, 0.3) is 0 Å². The molecular formula is C23H39NO8. The second-order valence-corrected chi connectivity index (χ2v) is 9.71. The summed E-state index contributed by atoms with van der Waals surface area (Å²) in [5.41, 5.74) is -0.777. The van der Waals surface area contributed by atoms with E-state index in [4.69, 9.17) is 18.9 Å². The maximum Gasteiger partial charge on any atom is 0.408 e. The highest BCUT2D eigenvalue weighted by molar-refractivity contribution is 5.83. The van der Waals surface area contributed by atoms with Crippen LogP contribution in [-0.2, 0) is 33.3 Å². The number of hydrogen-bond donors (Lipinski definition) is 1. The molecule has 9 nitrogen and oxygen atoms in total. The molecule has 0 saturated carbocycles. The maximum absolute atomic E-state index is 13.0. The molecule has 0 aliphatic carbocycles. The number of esters is 3. The molecule has 0 bridgehead atoms. The molecule has 0 aromatic carbocycles. The van der Waals surface area contributed by atoms with Gasteiger partial charge in [0.05, 0.1) is 5.92 Å². The fourth-order valence-electron chi connectivity index (χ4n) is 3.34. The number of carbonyl (C=O) groups is 4. The topological polar surface area (TPSA) is 117 Å². The maximum atomic E-state index is 13.0. The average Bonchev–Trinajstić information content (AvgIpc) is 2.64. The normalized spacial score (nSPS) is 26.8. The zero-order valence-electron chi connectivity index (χ0n) is 20.6. The Hall–Kier alpha value is -2.32. The molecule has 1 saturated heterocycles. The largest absolute Gasteiger partial charge is 0.460 e. The van der Waals surface area contributed by atoms with Crippen LogP contribution < -0.4 is 5.32 Å².